The normalized spacial score (nSPS) is 23.9. The quantitative estimate of drug-likeness (QED) is 0.731. The maximum Gasteiger partial charge on any atom is 0.243 e. The van der Waals surface area contributed by atoms with E-state index in [2.05, 4.69) is 5.32 Å². The van der Waals surface area contributed by atoms with E-state index in [1.54, 1.807) is 12.1 Å². The lowest BCUT2D eigenvalue weighted by molar-refractivity contribution is -0.306. The lowest BCUT2D eigenvalue weighted by Crippen LogP contribution is -2.49. The van der Waals surface area contributed by atoms with E-state index < -0.39 is 30.4 Å². The first-order valence-electron chi connectivity index (χ1n) is 9.73. The van der Waals surface area contributed by atoms with Crippen molar-refractivity contribution in [1.82, 2.24) is 10.2 Å². The minimum Gasteiger partial charge on any atom is -0.550 e. The van der Waals surface area contributed by atoms with Gasteiger partial charge in [0.05, 0.1) is 17.9 Å². The number of hydrogen-bond acceptors (Lipinski definition) is 5. The monoisotopic (exact) mass is 385 g/mol. The topological polar surface area (TPSA) is 107 Å². The molecule has 1 saturated heterocycles. The summed E-state index contributed by atoms with van der Waals surface area (Å²) < 4.78 is 0. The number of imide groups is 1. The zero-order valence-electron chi connectivity index (χ0n) is 16.1. The zero-order chi connectivity index (χ0) is 20.4. The van der Waals surface area contributed by atoms with Gasteiger partial charge >= 0.3 is 0 Å². The van der Waals surface area contributed by atoms with Gasteiger partial charge in [0.2, 0.25) is 17.7 Å². The number of benzene rings is 1. The second kappa shape index (κ2) is 8.12. The first kappa shape index (κ1) is 20.0. The highest BCUT2D eigenvalue weighted by Crippen LogP contribution is 2.38. The molecule has 1 aliphatic carbocycles. The average Bonchev–Trinajstić information content (AvgIpc) is 2.92. The van der Waals surface area contributed by atoms with Gasteiger partial charge in [0.25, 0.3) is 0 Å². The summed E-state index contributed by atoms with van der Waals surface area (Å²) in [5, 5.41) is 13.8. The van der Waals surface area contributed by atoms with E-state index in [-0.39, 0.29) is 23.7 Å². The maximum atomic E-state index is 12.8. The Kier molecular flexibility index (Phi) is 5.82. The fourth-order valence-corrected chi connectivity index (χ4v) is 4.20. The lowest BCUT2D eigenvalue weighted by Gasteiger charge is -2.26. The van der Waals surface area contributed by atoms with Crippen molar-refractivity contribution in [3.63, 3.8) is 0 Å². The number of carboxylic acids is 1. The molecule has 1 aliphatic heterocycles. The Morgan fingerprint density at radius 3 is 2.14 bits per heavy atom. The van der Waals surface area contributed by atoms with Crippen LogP contribution in [0.4, 0.5) is 0 Å². The van der Waals surface area contributed by atoms with Gasteiger partial charge in [0, 0.05) is 12.4 Å². The Morgan fingerprint density at radius 2 is 1.64 bits per heavy atom. The minimum absolute atomic E-state index is 0.288. The fraction of sp³-hybridized carbons (Fsp3) is 0.524. The van der Waals surface area contributed by atoms with Crippen molar-refractivity contribution in [2.45, 2.75) is 58.0 Å². The van der Waals surface area contributed by atoms with Crippen LogP contribution < -0.4 is 10.4 Å². The molecule has 0 aromatic heterocycles. The number of carbonyl (C=O) groups is 4. The van der Waals surface area contributed by atoms with E-state index in [0.29, 0.717) is 18.4 Å². The summed E-state index contributed by atoms with van der Waals surface area (Å²) in [6, 6.07) is 5.36. The van der Waals surface area contributed by atoms with E-state index in [1.807, 2.05) is 19.1 Å². The predicted molar refractivity (Wildman–Crippen MR) is 98.4 cm³/mol. The highest BCUT2D eigenvalue weighted by Gasteiger charge is 2.50. The van der Waals surface area contributed by atoms with Gasteiger partial charge in [0.1, 0.15) is 6.04 Å². The SMILES string of the molecule is Cc1ccc([C@@H](CC(=O)[O-])NC(=O)[C@H](C)N2C(=O)[C@H]3CCCC[C@H]3C2=O)cc1. The molecule has 4 atom stereocenters. The molecule has 150 valence electrons. The van der Waals surface area contributed by atoms with Crippen molar-refractivity contribution in [2.75, 3.05) is 0 Å². The van der Waals surface area contributed by atoms with Crippen molar-refractivity contribution in [1.29, 1.82) is 0 Å². The van der Waals surface area contributed by atoms with Crippen LogP contribution in [-0.4, -0.2) is 34.6 Å². The highest BCUT2D eigenvalue weighted by atomic mass is 16.4. The molecule has 3 amide bonds. The molecule has 1 aromatic carbocycles. The molecule has 0 spiro atoms. The molecule has 0 unspecified atom stereocenters. The van der Waals surface area contributed by atoms with Gasteiger partial charge in [-0.05, 0) is 32.3 Å². The van der Waals surface area contributed by atoms with Crippen LogP contribution >= 0.6 is 0 Å². The van der Waals surface area contributed by atoms with E-state index in [1.165, 1.54) is 6.92 Å². The van der Waals surface area contributed by atoms with Gasteiger partial charge in [0.15, 0.2) is 0 Å². The molecule has 28 heavy (non-hydrogen) atoms. The molecule has 0 radical (unpaired) electrons. The van der Waals surface area contributed by atoms with Crippen molar-refractivity contribution in [2.24, 2.45) is 11.8 Å². The average molecular weight is 385 g/mol. The Hall–Kier alpha value is -2.70. The molecule has 1 saturated carbocycles. The number of aliphatic carboxylic acids is 1. The Labute approximate surface area is 164 Å². The smallest absolute Gasteiger partial charge is 0.243 e. The van der Waals surface area contributed by atoms with Crippen LogP contribution in [0.2, 0.25) is 0 Å². The molecule has 1 aromatic rings. The van der Waals surface area contributed by atoms with E-state index in [9.17, 15) is 24.3 Å². The predicted octanol–water partition coefficient (Wildman–Crippen LogP) is 0.856. The van der Waals surface area contributed by atoms with Crippen molar-refractivity contribution >= 4 is 23.7 Å². The molecule has 3 rings (SSSR count). The number of carboxylic acid groups (broad SMARTS) is 1. The summed E-state index contributed by atoms with van der Waals surface area (Å²) in [6.45, 7) is 3.41. The molecule has 1 heterocycles. The van der Waals surface area contributed by atoms with Crippen molar-refractivity contribution < 1.29 is 24.3 Å². The molecule has 7 heteroatoms. The number of aryl methyl sites for hydroxylation is 1. The third kappa shape index (κ3) is 3.93. The third-order valence-electron chi connectivity index (χ3n) is 5.81. The van der Waals surface area contributed by atoms with Crippen LogP contribution in [0.25, 0.3) is 0 Å². The standard InChI is InChI=1S/C21H26N2O5/c1-12-7-9-14(10-8-12)17(11-18(24)25)22-19(26)13(2)23-20(27)15-5-3-4-6-16(15)21(23)28/h7-10,13,15-17H,3-6,11H2,1-2H3,(H,22,26)(H,24,25)/p-1/t13-,15-,16+,17+/m0/s1. The van der Waals surface area contributed by atoms with E-state index in [0.717, 1.165) is 23.3 Å². The number of amides is 3. The van der Waals surface area contributed by atoms with Crippen LogP contribution in [0.5, 0.6) is 0 Å². The maximum absolute atomic E-state index is 12.8. The Balaban J connectivity index is 1.75. The summed E-state index contributed by atoms with van der Waals surface area (Å²) in [7, 11) is 0. The zero-order valence-corrected chi connectivity index (χ0v) is 16.1. The number of fused-ring (bicyclic) bond motifs is 1. The van der Waals surface area contributed by atoms with Gasteiger partial charge in [-0.3, -0.25) is 19.3 Å². The fourth-order valence-electron chi connectivity index (χ4n) is 4.20. The molecule has 2 aliphatic rings. The number of hydrogen-bond donors (Lipinski definition) is 1. The van der Waals surface area contributed by atoms with Crippen LogP contribution in [0.15, 0.2) is 24.3 Å². The number of rotatable bonds is 6. The van der Waals surface area contributed by atoms with Gasteiger partial charge in [-0.2, -0.15) is 0 Å². The second-order valence-corrected chi connectivity index (χ2v) is 7.77. The van der Waals surface area contributed by atoms with Gasteiger partial charge in [-0.15, -0.1) is 0 Å². The second-order valence-electron chi connectivity index (χ2n) is 7.77. The van der Waals surface area contributed by atoms with Gasteiger partial charge in [-0.1, -0.05) is 42.7 Å². The molecule has 1 N–H and O–H groups in total. The van der Waals surface area contributed by atoms with Crippen LogP contribution in [-0.2, 0) is 19.2 Å². The number of carbonyl (C=O) groups excluding carboxylic acids is 4. The summed E-state index contributed by atoms with van der Waals surface area (Å²) in [5.74, 6) is -3.07. The number of nitrogens with zero attached hydrogens (tertiary/aromatic N) is 1. The van der Waals surface area contributed by atoms with Gasteiger partial charge < -0.3 is 15.2 Å². The molecular weight excluding hydrogens is 360 g/mol. The van der Waals surface area contributed by atoms with Gasteiger partial charge in [-0.25, -0.2) is 0 Å². The molecular formula is C21H25N2O5-. The summed E-state index contributed by atoms with van der Waals surface area (Å²) in [5.41, 5.74) is 1.63. The first-order valence-corrected chi connectivity index (χ1v) is 9.73. The van der Waals surface area contributed by atoms with Crippen LogP contribution in [0.1, 0.15) is 56.2 Å². The molecule has 2 fully saturated rings. The Morgan fingerprint density at radius 1 is 1.11 bits per heavy atom. The molecule has 0 bridgehead atoms. The Bertz CT molecular complexity index is 764. The first-order chi connectivity index (χ1) is 13.3. The van der Waals surface area contributed by atoms with Crippen molar-refractivity contribution in [3.8, 4) is 0 Å². The summed E-state index contributed by atoms with van der Waals surface area (Å²) >= 11 is 0. The molecule has 7 nitrogen and oxygen atoms in total. The van der Waals surface area contributed by atoms with E-state index >= 15 is 0 Å². The number of likely N-dealkylation sites (tertiary alicyclic amines) is 1. The van der Waals surface area contributed by atoms with Crippen LogP contribution in [0.3, 0.4) is 0 Å². The third-order valence-corrected chi connectivity index (χ3v) is 5.81. The van der Waals surface area contributed by atoms with Crippen molar-refractivity contribution in [3.05, 3.63) is 35.4 Å². The lowest BCUT2D eigenvalue weighted by atomic mass is 9.81. The van der Waals surface area contributed by atoms with Crippen LogP contribution in [0, 0.1) is 18.8 Å². The number of nitrogens with one attached hydrogen (secondary N) is 1. The summed E-state index contributed by atoms with van der Waals surface area (Å²) in [4.78, 5) is 50.4. The summed E-state index contributed by atoms with van der Waals surface area (Å²) in [6.07, 6.45) is 2.79. The minimum atomic E-state index is -1.29. The largest absolute Gasteiger partial charge is 0.550 e. The van der Waals surface area contributed by atoms with E-state index in [4.69, 9.17) is 0 Å². The highest BCUT2D eigenvalue weighted by molar-refractivity contribution is 6.08.